The third kappa shape index (κ3) is 9.41. The van der Waals surface area contributed by atoms with E-state index < -0.39 is 32.3 Å². The number of methoxy groups -OCH3 is 2. The Morgan fingerprint density at radius 3 is 1.97 bits per heavy atom. The van der Waals surface area contributed by atoms with E-state index in [1.807, 2.05) is 13.1 Å². The van der Waals surface area contributed by atoms with Crippen molar-refractivity contribution >= 4 is 26.2 Å². The molecule has 0 N–H and O–H groups in total. The third-order valence-electron chi connectivity index (χ3n) is 5.04. The lowest BCUT2D eigenvalue weighted by atomic mass is 10.5. The predicted octanol–water partition coefficient (Wildman–Crippen LogP) is 1.41. The average Bonchev–Trinajstić information content (AvgIpc) is 3.75. The molecule has 2 saturated heterocycles. The summed E-state index contributed by atoms with van der Waals surface area (Å²) in [5, 5.41) is 0. The van der Waals surface area contributed by atoms with Gasteiger partial charge in [0.2, 0.25) is 0 Å². The van der Waals surface area contributed by atoms with Gasteiger partial charge in [0.05, 0.1) is 26.4 Å². The summed E-state index contributed by atoms with van der Waals surface area (Å²) in [6.07, 6.45) is -0.988. The summed E-state index contributed by atoms with van der Waals surface area (Å²) in [6, 6.07) is 0.548. The molecule has 0 aliphatic carbocycles. The van der Waals surface area contributed by atoms with Gasteiger partial charge in [-0.3, -0.25) is 4.43 Å². The van der Waals surface area contributed by atoms with Gasteiger partial charge >= 0.3 is 32.3 Å². The van der Waals surface area contributed by atoms with Crippen LogP contribution in [0, 0.1) is 0 Å². The zero-order valence-electron chi connectivity index (χ0n) is 21.3. The maximum atomic E-state index is 6.43. The summed E-state index contributed by atoms with van der Waals surface area (Å²) in [7, 11) is -2.32. The Labute approximate surface area is 205 Å². The molecule has 2 aliphatic heterocycles. The molecule has 0 aromatic rings. The lowest BCUT2D eigenvalue weighted by Crippen LogP contribution is -2.62. The van der Waals surface area contributed by atoms with Crippen LogP contribution in [0.3, 0.4) is 0 Å². The Balaban J connectivity index is 2.04. The minimum atomic E-state index is -3.63. The van der Waals surface area contributed by atoms with E-state index in [0.717, 1.165) is 6.61 Å². The summed E-state index contributed by atoms with van der Waals surface area (Å²) in [5.74, 6) is 0. The smallest absolute Gasteiger partial charge is 0.394 e. The number of rotatable bonds is 21. The standard InChI is InChI=1S/C19H40O12Si3/c1-9-33(22-4,29-19(20-2,21-3)28-16-18-15-27-18)30-32(7,8)31-34(23-5,24-6)12-10-11-25-13-17-14-26-17/h9,17-18H,1,10-16H2,2-8H3. The molecule has 0 bridgehead atoms. The highest BCUT2D eigenvalue weighted by atomic mass is 28.5. The molecule has 34 heavy (non-hydrogen) atoms. The Bertz CT molecular complexity index is 611. The van der Waals surface area contributed by atoms with Gasteiger partial charge in [0.1, 0.15) is 12.2 Å². The van der Waals surface area contributed by atoms with Crippen LogP contribution in [-0.4, -0.2) is 113 Å². The fraction of sp³-hybridized carbons (Fsp3) is 0.895. The second kappa shape index (κ2) is 13.5. The predicted molar refractivity (Wildman–Crippen MR) is 126 cm³/mol. The molecule has 2 rings (SSSR count). The Morgan fingerprint density at radius 2 is 1.50 bits per heavy atom. The van der Waals surface area contributed by atoms with Gasteiger partial charge in [0.25, 0.3) is 0 Å². The summed E-state index contributed by atoms with van der Waals surface area (Å²) in [5.41, 5.74) is 1.46. The van der Waals surface area contributed by atoms with Crippen LogP contribution in [0.4, 0.5) is 0 Å². The van der Waals surface area contributed by atoms with Gasteiger partial charge in [-0.1, -0.05) is 6.58 Å². The van der Waals surface area contributed by atoms with Crippen LogP contribution in [0.15, 0.2) is 12.3 Å². The lowest BCUT2D eigenvalue weighted by Gasteiger charge is -2.41. The SMILES string of the molecule is C=C[Si](OC)(OC(OC)(OC)OCC1CO1)O[Si](C)(C)O[Si](CCCOCC1CO1)(OC)OC. The van der Waals surface area contributed by atoms with Crippen molar-refractivity contribution in [3.8, 4) is 0 Å². The van der Waals surface area contributed by atoms with Crippen LogP contribution in [0.1, 0.15) is 6.42 Å². The van der Waals surface area contributed by atoms with E-state index >= 15 is 0 Å². The molecule has 12 nitrogen and oxygen atoms in total. The summed E-state index contributed by atoms with van der Waals surface area (Å²) >= 11 is 0. The molecule has 0 aromatic heterocycles. The van der Waals surface area contributed by atoms with Crippen molar-refractivity contribution in [2.45, 2.75) is 43.9 Å². The van der Waals surface area contributed by atoms with Crippen molar-refractivity contribution in [3.63, 3.8) is 0 Å². The van der Waals surface area contributed by atoms with Crippen molar-refractivity contribution in [2.24, 2.45) is 0 Å². The Kier molecular flexibility index (Phi) is 11.9. The van der Waals surface area contributed by atoms with Crippen LogP contribution in [0.2, 0.25) is 19.1 Å². The lowest BCUT2D eigenvalue weighted by molar-refractivity contribution is -0.466. The molecular weight excluding hydrogens is 504 g/mol. The van der Waals surface area contributed by atoms with Crippen molar-refractivity contribution in [3.05, 3.63) is 12.3 Å². The normalized spacial score (nSPS) is 22.4. The summed E-state index contributed by atoms with van der Waals surface area (Å²) in [6.45, 7) is 10.3. The zero-order chi connectivity index (χ0) is 25.3. The second-order valence-electron chi connectivity index (χ2n) is 8.12. The molecule has 0 aromatic carbocycles. The van der Waals surface area contributed by atoms with Gasteiger partial charge in [0, 0.05) is 48.2 Å². The molecule has 3 unspecified atom stereocenters. The van der Waals surface area contributed by atoms with Gasteiger partial charge in [-0.2, -0.15) is 0 Å². The van der Waals surface area contributed by atoms with Gasteiger partial charge < -0.3 is 49.9 Å². The highest BCUT2D eigenvalue weighted by Crippen LogP contribution is 2.30. The van der Waals surface area contributed by atoms with E-state index in [9.17, 15) is 0 Å². The first-order chi connectivity index (χ1) is 16.1. The average molecular weight is 545 g/mol. The largest absolute Gasteiger partial charge is 0.525 e. The first-order valence-electron chi connectivity index (χ1n) is 11.1. The Hall–Kier alpha value is -0.0894. The van der Waals surface area contributed by atoms with Gasteiger partial charge in [-0.25, -0.2) is 0 Å². The fourth-order valence-electron chi connectivity index (χ4n) is 3.05. The van der Waals surface area contributed by atoms with Gasteiger partial charge in [-0.15, -0.1) is 0 Å². The Morgan fingerprint density at radius 1 is 0.912 bits per heavy atom. The van der Waals surface area contributed by atoms with Crippen molar-refractivity contribution in [1.82, 2.24) is 0 Å². The molecule has 0 spiro atoms. The maximum Gasteiger partial charge on any atom is 0.525 e. The van der Waals surface area contributed by atoms with Crippen LogP contribution < -0.4 is 0 Å². The maximum absolute atomic E-state index is 6.43. The molecular formula is C19H40O12Si3. The van der Waals surface area contributed by atoms with Crippen LogP contribution in [-0.2, 0) is 54.4 Å². The van der Waals surface area contributed by atoms with E-state index in [1.165, 1.54) is 27.0 Å². The quantitative estimate of drug-likeness (QED) is 0.0900. The van der Waals surface area contributed by atoms with Crippen LogP contribution in [0.5, 0.6) is 0 Å². The molecule has 2 fully saturated rings. The number of epoxide rings is 2. The van der Waals surface area contributed by atoms with E-state index in [1.54, 1.807) is 14.2 Å². The number of hydrogen-bond donors (Lipinski definition) is 0. The first kappa shape index (κ1) is 30.1. The van der Waals surface area contributed by atoms with E-state index in [0.29, 0.717) is 32.3 Å². The van der Waals surface area contributed by atoms with E-state index in [2.05, 4.69) is 6.58 Å². The monoisotopic (exact) mass is 544 g/mol. The molecule has 2 heterocycles. The van der Waals surface area contributed by atoms with E-state index in [-0.39, 0.29) is 18.8 Å². The minimum absolute atomic E-state index is 0.0403. The highest BCUT2D eigenvalue weighted by molar-refractivity contribution is 6.84. The van der Waals surface area contributed by atoms with E-state index in [4.69, 9.17) is 54.4 Å². The van der Waals surface area contributed by atoms with Gasteiger partial charge in [-0.05, 0) is 25.2 Å². The molecule has 15 heteroatoms. The number of ether oxygens (including phenoxy) is 6. The van der Waals surface area contributed by atoms with Crippen LogP contribution in [0.25, 0.3) is 0 Å². The van der Waals surface area contributed by atoms with Crippen LogP contribution >= 0.6 is 0 Å². The molecule has 0 amide bonds. The highest BCUT2D eigenvalue weighted by Gasteiger charge is 2.55. The molecule has 200 valence electrons. The minimum Gasteiger partial charge on any atom is -0.394 e. The topological polar surface area (TPSA) is 117 Å². The van der Waals surface area contributed by atoms with Crippen molar-refractivity contribution < 1.29 is 54.4 Å². The van der Waals surface area contributed by atoms with Crippen molar-refractivity contribution in [2.75, 3.05) is 68.6 Å². The second-order valence-corrected chi connectivity index (χ2v) is 17.5. The van der Waals surface area contributed by atoms with Gasteiger partial charge in [0.15, 0.2) is 0 Å². The summed E-state index contributed by atoms with van der Waals surface area (Å²) in [4.78, 5) is 0. The molecule has 0 saturated carbocycles. The third-order valence-corrected chi connectivity index (χ3v) is 15.2. The molecule has 2 aliphatic rings. The molecule has 0 radical (unpaired) electrons. The van der Waals surface area contributed by atoms with Crippen molar-refractivity contribution in [1.29, 1.82) is 0 Å². The zero-order valence-corrected chi connectivity index (χ0v) is 24.3. The first-order valence-corrected chi connectivity index (χ1v) is 17.6. The fourth-order valence-corrected chi connectivity index (χ4v) is 13.3. The summed E-state index contributed by atoms with van der Waals surface area (Å²) < 4.78 is 68.5. The molecule has 3 atom stereocenters. The number of hydrogen-bond acceptors (Lipinski definition) is 12.